The molecule has 16 heavy (non-hydrogen) atoms. The number of nitrogens with zero attached hydrogens (tertiary/aromatic N) is 3. The molecule has 5 heteroatoms. The molecule has 5 nitrogen and oxygen atoms in total. The van der Waals surface area contributed by atoms with Crippen molar-refractivity contribution in [3.8, 4) is 0 Å². The maximum Gasteiger partial charge on any atom is 0.0490 e. The second kappa shape index (κ2) is 5.43. The van der Waals surface area contributed by atoms with E-state index in [1.54, 1.807) is 6.20 Å². The SMILES string of the molecule is CN1CCN(C)C(CNCc2ccn[nH]2)C1. The molecule has 0 radical (unpaired) electrons. The van der Waals surface area contributed by atoms with Crippen LogP contribution in [0.3, 0.4) is 0 Å². The lowest BCUT2D eigenvalue weighted by atomic mass is 10.2. The number of aromatic nitrogens is 2. The van der Waals surface area contributed by atoms with Crippen LogP contribution in [0.4, 0.5) is 0 Å². The molecule has 2 heterocycles. The van der Waals surface area contributed by atoms with E-state index in [0.717, 1.165) is 31.9 Å². The Bertz CT molecular complexity index is 297. The van der Waals surface area contributed by atoms with Gasteiger partial charge in [0.1, 0.15) is 0 Å². The molecule has 2 rings (SSSR count). The second-order valence-electron chi connectivity index (χ2n) is 4.61. The van der Waals surface area contributed by atoms with Crippen molar-refractivity contribution in [2.24, 2.45) is 0 Å². The Labute approximate surface area is 96.8 Å². The van der Waals surface area contributed by atoms with Gasteiger partial charge in [0.15, 0.2) is 0 Å². The molecular formula is C11H21N5. The van der Waals surface area contributed by atoms with Crippen molar-refractivity contribution in [2.75, 3.05) is 40.3 Å². The number of H-pyrrole nitrogens is 1. The van der Waals surface area contributed by atoms with Crippen LogP contribution in [0.15, 0.2) is 12.3 Å². The van der Waals surface area contributed by atoms with E-state index in [1.807, 2.05) is 6.07 Å². The highest BCUT2D eigenvalue weighted by molar-refractivity contribution is 4.96. The van der Waals surface area contributed by atoms with Gasteiger partial charge in [-0.1, -0.05) is 0 Å². The quantitative estimate of drug-likeness (QED) is 0.739. The van der Waals surface area contributed by atoms with E-state index in [4.69, 9.17) is 0 Å². The van der Waals surface area contributed by atoms with Gasteiger partial charge in [-0.05, 0) is 20.2 Å². The molecule has 0 spiro atoms. The van der Waals surface area contributed by atoms with E-state index in [1.165, 1.54) is 6.54 Å². The molecule has 0 aliphatic carbocycles. The Morgan fingerprint density at radius 1 is 1.50 bits per heavy atom. The van der Waals surface area contributed by atoms with E-state index in [0.29, 0.717) is 6.04 Å². The highest BCUT2D eigenvalue weighted by Gasteiger charge is 2.21. The predicted octanol–water partition coefficient (Wildman–Crippen LogP) is -0.255. The smallest absolute Gasteiger partial charge is 0.0490 e. The summed E-state index contributed by atoms with van der Waals surface area (Å²) in [5, 5.41) is 10.4. The molecule has 90 valence electrons. The minimum absolute atomic E-state index is 0.613. The van der Waals surface area contributed by atoms with Crippen LogP contribution in [0, 0.1) is 0 Å². The van der Waals surface area contributed by atoms with E-state index in [2.05, 4.69) is 39.4 Å². The highest BCUT2D eigenvalue weighted by atomic mass is 15.3. The third kappa shape index (κ3) is 3.04. The maximum atomic E-state index is 3.93. The summed E-state index contributed by atoms with van der Waals surface area (Å²) in [6.07, 6.45) is 1.79. The molecule has 1 aliphatic rings. The first kappa shape index (κ1) is 11.6. The number of aromatic amines is 1. The lowest BCUT2D eigenvalue weighted by molar-refractivity contribution is 0.113. The average Bonchev–Trinajstić information content (AvgIpc) is 2.76. The Morgan fingerprint density at radius 2 is 2.38 bits per heavy atom. The van der Waals surface area contributed by atoms with E-state index >= 15 is 0 Å². The summed E-state index contributed by atoms with van der Waals surface area (Å²) in [6.45, 7) is 5.38. The number of piperazine rings is 1. The summed E-state index contributed by atoms with van der Waals surface area (Å²) in [7, 11) is 4.39. The number of hydrogen-bond donors (Lipinski definition) is 2. The van der Waals surface area contributed by atoms with Crippen molar-refractivity contribution >= 4 is 0 Å². The summed E-state index contributed by atoms with van der Waals surface area (Å²) in [6, 6.07) is 2.62. The lowest BCUT2D eigenvalue weighted by Crippen LogP contribution is -2.53. The van der Waals surface area contributed by atoms with Crippen molar-refractivity contribution in [1.29, 1.82) is 0 Å². The molecule has 0 saturated carbocycles. The van der Waals surface area contributed by atoms with Gasteiger partial charge >= 0.3 is 0 Å². The average molecular weight is 223 g/mol. The molecule has 1 aliphatic heterocycles. The van der Waals surface area contributed by atoms with Gasteiger partial charge in [-0.3, -0.25) is 10.00 Å². The Kier molecular flexibility index (Phi) is 3.93. The van der Waals surface area contributed by atoms with Crippen molar-refractivity contribution in [3.05, 3.63) is 18.0 Å². The van der Waals surface area contributed by atoms with Gasteiger partial charge in [-0.15, -0.1) is 0 Å². The zero-order chi connectivity index (χ0) is 11.4. The fourth-order valence-corrected chi connectivity index (χ4v) is 2.08. The monoisotopic (exact) mass is 223 g/mol. The molecular weight excluding hydrogens is 202 g/mol. The summed E-state index contributed by atoms with van der Waals surface area (Å²) in [5.74, 6) is 0. The lowest BCUT2D eigenvalue weighted by Gasteiger charge is -2.37. The van der Waals surface area contributed by atoms with E-state index in [9.17, 15) is 0 Å². The minimum atomic E-state index is 0.613. The van der Waals surface area contributed by atoms with Gasteiger partial charge in [-0.25, -0.2) is 0 Å². The van der Waals surface area contributed by atoms with Gasteiger partial charge in [0.25, 0.3) is 0 Å². The Balaban J connectivity index is 1.72. The van der Waals surface area contributed by atoms with Gasteiger partial charge in [0, 0.05) is 50.7 Å². The van der Waals surface area contributed by atoms with Crippen molar-refractivity contribution in [2.45, 2.75) is 12.6 Å². The summed E-state index contributed by atoms with van der Waals surface area (Å²) < 4.78 is 0. The molecule has 1 unspecified atom stereocenters. The first-order valence-corrected chi connectivity index (χ1v) is 5.83. The molecule has 2 N–H and O–H groups in total. The molecule has 0 bridgehead atoms. The van der Waals surface area contributed by atoms with Gasteiger partial charge in [0.05, 0.1) is 0 Å². The predicted molar refractivity (Wildman–Crippen MR) is 64.2 cm³/mol. The topological polar surface area (TPSA) is 47.2 Å². The fraction of sp³-hybridized carbons (Fsp3) is 0.727. The zero-order valence-electron chi connectivity index (χ0n) is 10.1. The summed E-state index contributed by atoms with van der Waals surface area (Å²) in [5.41, 5.74) is 1.15. The first-order chi connectivity index (χ1) is 7.75. The zero-order valence-corrected chi connectivity index (χ0v) is 10.1. The summed E-state index contributed by atoms with van der Waals surface area (Å²) in [4.78, 5) is 4.82. The van der Waals surface area contributed by atoms with E-state index < -0.39 is 0 Å². The van der Waals surface area contributed by atoms with E-state index in [-0.39, 0.29) is 0 Å². The third-order valence-electron chi connectivity index (χ3n) is 3.23. The maximum absolute atomic E-state index is 3.93. The fourth-order valence-electron chi connectivity index (χ4n) is 2.08. The first-order valence-electron chi connectivity index (χ1n) is 5.83. The number of nitrogens with one attached hydrogen (secondary N) is 2. The van der Waals surface area contributed by atoms with Gasteiger partial charge < -0.3 is 10.2 Å². The summed E-state index contributed by atoms with van der Waals surface area (Å²) >= 11 is 0. The standard InChI is InChI=1S/C11H21N5/c1-15-5-6-16(2)11(9-15)8-12-7-10-3-4-13-14-10/h3-4,11-12H,5-9H2,1-2H3,(H,13,14). The molecule has 1 aromatic rings. The van der Waals surface area contributed by atoms with Gasteiger partial charge in [0.2, 0.25) is 0 Å². The van der Waals surface area contributed by atoms with Crippen LogP contribution in [0.5, 0.6) is 0 Å². The van der Waals surface area contributed by atoms with Crippen molar-refractivity contribution in [1.82, 2.24) is 25.3 Å². The van der Waals surface area contributed by atoms with Crippen LogP contribution in [-0.4, -0.2) is 66.3 Å². The largest absolute Gasteiger partial charge is 0.310 e. The van der Waals surface area contributed by atoms with Crippen LogP contribution < -0.4 is 5.32 Å². The van der Waals surface area contributed by atoms with Crippen LogP contribution in [0.1, 0.15) is 5.69 Å². The third-order valence-corrected chi connectivity index (χ3v) is 3.23. The number of hydrogen-bond acceptors (Lipinski definition) is 4. The second-order valence-corrected chi connectivity index (χ2v) is 4.61. The Morgan fingerprint density at radius 3 is 3.12 bits per heavy atom. The molecule has 0 amide bonds. The van der Waals surface area contributed by atoms with Gasteiger partial charge in [-0.2, -0.15) is 5.10 Å². The van der Waals surface area contributed by atoms with Crippen LogP contribution >= 0.6 is 0 Å². The molecule has 1 atom stereocenters. The molecule has 1 saturated heterocycles. The number of likely N-dealkylation sites (N-methyl/N-ethyl adjacent to an activating group) is 2. The normalized spacial score (nSPS) is 23.8. The Hall–Kier alpha value is -0.910. The van der Waals surface area contributed by atoms with Crippen molar-refractivity contribution < 1.29 is 0 Å². The number of rotatable bonds is 4. The van der Waals surface area contributed by atoms with Crippen LogP contribution in [0.25, 0.3) is 0 Å². The molecule has 0 aromatic carbocycles. The van der Waals surface area contributed by atoms with Crippen LogP contribution in [0.2, 0.25) is 0 Å². The molecule has 1 aromatic heterocycles. The minimum Gasteiger partial charge on any atom is -0.310 e. The van der Waals surface area contributed by atoms with Crippen molar-refractivity contribution in [3.63, 3.8) is 0 Å². The molecule has 1 fully saturated rings. The highest BCUT2D eigenvalue weighted by Crippen LogP contribution is 2.04. The van der Waals surface area contributed by atoms with Crippen LogP contribution in [-0.2, 0) is 6.54 Å².